The van der Waals surface area contributed by atoms with Gasteiger partial charge < -0.3 is 19.7 Å². The van der Waals surface area contributed by atoms with Crippen LogP contribution in [0.1, 0.15) is 18.9 Å². The van der Waals surface area contributed by atoms with E-state index in [1.54, 1.807) is 21.2 Å². The first-order valence-electron chi connectivity index (χ1n) is 6.79. The lowest BCUT2D eigenvalue weighted by atomic mass is 10.2. The summed E-state index contributed by atoms with van der Waals surface area (Å²) in [5.74, 6) is 1.33. The number of carbonyl (C=O) groups is 1. The lowest BCUT2D eigenvalue weighted by molar-refractivity contribution is -0.130. The Morgan fingerprint density at radius 3 is 2.70 bits per heavy atom. The molecule has 1 rings (SSSR count). The van der Waals surface area contributed by atoms with Gasteiger partial charge in [-0.1, -0.05) is 13.0 Å². The molecule has 0 heterocycles. The first-order valence-corrected chi connectivity index (χ1v) is 6.79. The molecule has 0 spiro atoms. The van der Waals surface area contributed by atoms with Crippen LogP contribution < -0.4 is 14.8 Å². The van der Waals surface area contributed by atoms with Gasteiger partial charge in [0.1, 0.15) is 11.5 Å². The number of hydrogen-bond acceptors (Lipinski definition) is 4. The number of methoxy groups -OCH3 is 1. The highest BCUT2D eigenvalue weighted by Crippen LogP contribution is 2.24. The number of hydrogen-bond donors (Lipinski definition) is 1. The van der Waals surface area contributed by atoms with E-state index in [4.69, 9.17) is 9.47 Å². The number of nitrogens with one attached hydrogen (secondary N) is 1. The third kappa shape index (κ3) is 5.09. The molecular formula is C15H24N2O3. The molecule has 1 aromatic carbocycles. The highest BCUT2D eigenvalue weighted by molar-refractivity contribution is 5.77. The van der Waals surface area contributed by atoms with E-state index < -0.39 is 0 Å². The maximum atomic E-state index is 11.6. The van der Waals surface area contributed by atoms with E-state index in [0.29, 0.717) is 12.3 Å². The molecule has 0 aliphatic carbocycles. The molecule has 1 aromatic rings. The topological polar surface area (TPSA) is 50.8 Å². The zero-order chi connectivity index (χ0) is 15.0. The van der Waals surface area contributed by atoms with Crippen LogP contribution in [0.25, 0.3) is 0 Å². The fourth-order valence-electron chi connectivity index (χ4n) is 1.61. The minimum absolute atomic E-state index is 0.0287. The highest BCUT2D eigenvalue weighted by atomic mass is 16.5. The van der Waals surface area contributed by atoms with Crippen LogP contribution in [-0.4, -0.2) is 45.2 Å². The Morgan fingerprint density at radius 2 is 2.10 bits per heavy atom. The van der Waals surface area contributed by atoms with Gasteiger partial charge in [-0.05, 0) is 19.0 Å². The lowest BCUT2D eigenvalue weighted by Crippen LogP contribution is -2.27. The molecule has 0 unspecified atom stereocenters. The van der Waals surface area contributed by atoms with Crippen LogP contribution in [0, 0.1) is 0 Å². The van der Waals surface area contributed by atoms with Crippen molar-refractivity contribution < 1.29 is 14.3 Å². The number of amides is 1. The van der Waals surface area contributed by atoms with Gasteiger partial charge in [0, 0.05) is 32.3 Å². The van der Waals surface area contributed by atoms with E-state index in [-0.39, 0.29) is 12.5 Å². The average molecular weight is 280 g/mol. The Hall–Kier alpha value is -1.75. The van der Waals surface area contributed by atoms with Crippen molar-refractivity contribution in [2.24, 2.45) is 0 Å². The Bertz CT molecular complexity index is 433. The molecule has 1 N–H and O–H groups in total. The largest absolute Gasteiger partial charge is 0.497 e. The molecule has 112 valence electrons. The quantitative estimate of drug-likeness (QED) is 0.736. The van der Waals surface area contributed by atoms with Gasteiger partial charge in [0.05, 0.1) is 7.11 Å². The molecule has 1 amide bonds. The van der Waals surface area contributed by atoms with E-state index in [2.05, 4.69) is 12.2 Å². The second kappa shape index (κ2) is 8.43. The van der Waals surface area contributed by atoms with Gasteiger partial charge in [0.25, 0.3) is 5.91 Å². The number of nitrogens with zero attached hydrogens (tertiary/aromatic N) is 1. The van der Waals surface area contributed by atoms with Gasteiger partial charge in [0.2, 0.25) is 0 Å². The first-order chi connectivity index (χ1) is 9.58. The van der Waals surface area contributed by atoms with Gasteiger partial charge in [-0.2, -0.15) is 0 Å². The van der Waals surface area contributed by atoms with E-state index in [9.17, 15) is 4.79 Å². The highest BCUT2D eigenvalue weighted by Gasteiger charge is 2.09. The van der Waals surface area contributed by atoms with E-state index >= 15 is 0 Å². The molecule has 0 fully saturated rings. The summed E-state index contributed by atoms with van der Waals surface area (Å²) in [4.78, 5) is 13.1. The fraction of sp³-hybridized carbons (Fsp3) is 0.533. The summed E-state index contributed by atoms with van der Waals surface area (Å²) in [5, 5.41) is 3.32. The molecular weight excluding hydrogens is 256 g/mol. The monoisotopic (exact) mass is 280 g/mol. The lowest BCUT2D eigenvalue weighted by Gasteiger charge is -2.15. The average Bonchev–Trinajstić information content (AvgIpc) is 2.45. The van der Waals surface area contributed by atoms with Crippen molar-refractivity contribution in [3.8, 4) is 11.5 Å². The zero-order valence-electron chi connectivity index (χ0n) is 12.7. The molecule has 0 aliphatic heterocycles. The molecule has 0 radical (unpaired) electrons. The standard InChI is InChI=1S/C15H24N2O3/c1-5-8-16-10-12-6-7-13(19-4)9-14(12)20-11-15(18)17(2)3/h6-7,9,16H,5,8,10-11H2,1-4H3. The van der Waals surface area contributed by atoms with Crippen molar-refractivity contribution in [1.82, 2.24) is 10.2 Å². The Balaban J connectivity index is 2.75. The predicted octanol–water partition coefficient (Wildman–Crippen LogP) is 1.66. The summed E-state index contributed by atoms with van der Waals surface area (Å²) in [5.41, 5.74) is 1.02. The second-order valence-corrected chi connectivity index (χ2v) is 4.73. The molecule has 0 aliphatic rings. The SMILES string of the molecule is CCCNCc1ccc(OC)cc1OCC(=O)N(C)C. The zero-order valence-corrected chi connectivity index (χ0v) is 12.7. The number of ether oxygens (including phenoxy) is 2. The van der Waals surface area contributed by atoms with Crippen molar-refractivity contribution in [2.75, 3.05) is 34.4 Å². The molecule has 0 saturated heterocycles. The summed E-state index contributed by atoms with van der Waals surface area (Å²) < 4.78 is 10.8. The Morgan fingerprint density at radius 1 is 1.35 bits per heavy atom. The van der Waals surface area contributed by atoms with Crippen molar-refractivity contribution in [3.05, 3.63) is 23.8 Å². The molecule has 5 nitrogen and oxygen atoms in total. The number of rotatable bonds is 8. The third-order valence-electron chi connectivity index (χ3n) is 2.87. The van der Waals surface area contributed by atoms with Crippen LogP contribution in [0.15, 0.2) is 18.2 Å². The Kier molecular flexibility index (Phi) is 6.87. The maximum Gasteiger partial charge on any atom is 0.259 e. The minimum Gasteiger partial charge on any atom is -0.497 e. The molecule has 0 atom stereocenters. The van der Waals surface area contributed by atoms with E-state index in [1.807, 2.05) is 18.2 Å². The molecule has 0 aromatic heterocycles. The molecule has 0 bridgehead atoms. The summed E-state index contributed by atoms with van der Waals surface area (Å²) in [6.07, 6.45) is 1.07. The summed E-state index contributed by atoms with van der Waals surface area (Å²) in [6.45, 7) is 3.81. The first kappa shape index (κ1) is 16.3. The van der Waals surface area contributed by atoms with Crippen LogP contribution in [0.3, 0.4) is 0 Å². The van der Waals surface area contributed by atoms with Crippen LogP contribution in [-0.2, 0) is 11.3 Å². The van der Waals surface area contributed by atoms with Gasteiger partial charge in [0.15, 0.2) is 6.61 Å². The van der Waals surface area contributed by atoms with Gasteiger partial charge in [-0.3, -0.25) is 4.79 Å². The predicted molar refractivity (Wildman–Crippen MR) is 79.2 cm³/mol. The summed E-state index contributed by atoms with van der Waals surface area (Å²) in [6, 6.07) is 5.66. The normalized spacial score (nSPS) is 10.2. The van der Waals surface area contributed by atoms with Crippen LogP contribution in [0.2, 0.25) is 0 Å². The van der Waals surface area contributed by atoms with Crippen molar-refractivity contribution in [1.29, 1.82) is 0 Å². The van der Waals surface area contributed by atoms with Crippen molar-refractivity contribution >= 4 is 5.91 Å². The second-order valence-electron chi connectivity index (χ2n) is 4.73. The minimum atomic E-state index is -0.0692. The number of likely N-dealkylation sites (N-methyl/N-ethyl adjacent to an activating group) is 1. The molecule has 20 heavy (non-hydrogen) atoms. The van der Waals surface area contributed by atoms with Crippen molar-refractivity contribution in [2.45, 2.75) is 19.9 Å². The van der Waals surface area contributed by atoms with Crippen LogP contribution in [0.5, 0.6) is 11.5 Å². The van der Waals surface area contributed by atoms with Crippen LogP contribution >= 0.6 is 0 Å². The number of carbonyl (C=O) groups excluding carboxylic acids is 1. The number of benzene rings is 1. The van der Waals surface area contributed by atoms with Crippen LogP contribution in [0.4, 0.5) is 0 Å². The van der Waals surface area contributed by atoms with Crippen molar-refractivity contribution in [3.63, 3.8) is 0 Å². The molecule has 5 heteroatoms. The van der Waals surface area contributed by atoms with E-state index in [1.165, 1.54) is 4.90 Å². The van der Waals surface area contributed by atoms with Gasteiger partial charge in [-0.25, -0.2) is 0 Å². The third-order valence-corrected chi connectivity index (χ3v) is 2.87. The molecule has 0 saturated carbocycles. The van der Waals surface area contributed by atoms with E-state index in [0.717, 1.165) is 24.3 Å². The fourth-order valence-corrected chi connectivity index (χ4v) is 1.61. The van der Waals surface area contributed by atoms with Gasteiger partial charge in [-0.15, -0.1) is 0 Å². The Labute approximate surface area is 120 Å². The summed E-state index contributed by atoms with van der Waals surface area (Å²) in [7, 11) is 5.03. The summed E-state index contributed by atoms with van der Waals surface area (Å²) >= 11 is 0. The smallest absolute Gasteiger partial charge is 0.259 e. The van der Waals surface area contributed by atoms with Gasteiger partial charge >= 0.3 is 0 Å². The maximum absolute atomic E-state index is 11.6.